The van der Waals surface area contributed by atoms with E-state index >= 15 is 0 Å². The maximum Gasteiger partial charge on any atom is 0.292 e. The highest BCUT2D eigenvalue weighted by molar-refractivity contribution is 9.10. The van der Waals surface area contributed by atoms with Gasteiger partial charge in [-0.1, -0.05) is 28.1 Å². The zero-order valence-corrected chi connectivity index (χ0v) is 16.5. The van der Waals surface area contributed by atoms with Gasteiger partial charge in [0.1, 0.15) is 5.58 Å². The maximum absolute atomic E-state index is 12.8. The van der Waals surface area contributed by atoms with Gasteiger partial charge in [-0.25, -0.2) is 4.63 Å². The number of nitrogens with zero attached hydrogens (tertiary/aromatic N) is 2. The summed E-state index contributed by atoms with van der Waals surface area (Å²) in [5.74, 6) is 0.0852. The first-order valence-corrected chi connectivity index (χ1v) is 9.13. The van der Waals surface area contributed by atoms with Crippen LogP contribution in [0.25, 0.3) is 22.2 Å². The number of halogens is 1. The fourth-order valence-electron chi connectivity index (χ4n) is 2.93. The number of carbonyl (C=O) groups is 1. The molecule has 0 spiro atoms. The molecule has 2 heterocycles. The van der Waals surface area contributed by atoms with E-state index in [9.17, 15) is 4.79 Å². The molecule has 4 aromatic rings. The zero-order chi connectivity index (χ0) is 19.1. The van der Waals surface area contributed by atoms with Crippen molar-refractivity contribution in [3.05, 3.63) is 63.3 Å². The van der Waals surface area contributed by atoms with E-state index in [1.807, 2.05) is 57.2 Å². The molecule has 0 saturated carbocycles. The van der Waals surface area contributed by atoms with Gasteiger partial charge >= 0.3 is 0 Å². The topological polar surface area (TPSA) is 81.2 Å². The van der Waals surface area contributed by atoms with Crippen molar-refractivity contribution in [1.82, 2.24) is 10.3 Å². The Hall–Kier alpha value is -2.93. The van der Waals surface area contributed by atoms with Crippen LogP contribution < -0.4 is 5.32 Å². The first-order chi connectivity index (χ1) is 12.9. The van der Waals surface area contributed by atoms with Crippen molar-refractivity contribution in [2.45, 2.75) is 20.8 Å². The van der Waals surface area contributed by atoms with Gasteiger partial charge in [-0.15, -0.1) is 0 Å². The molecular formula is C20H16BrN3O3. The maximum atomic E-state index is 12.8. The van der Waals surface area contributed by atoms with Crippen molar-refractivity contribution in [3.8, 4) is 11.3 Å². The molecule has 2 aromatic carbocycles. The lowest BCUT2D eigenvalue weighted by molar-refractivity contribution is 0.0997. The molecule has 136 valence electrons. The van der Waals surface area contributed by atoms with Crippen molar-refractivity contribution >= 4 is 38.6 Å². The largest absolute Gasteiger partial charge is 0.451 e. The summed E-state index contributed by atoms with van der Waals surface area (Å²) in [5.41, 5.74) is 4.98. The lowest BCUT2D eigenvalue weighted by Crippen LogP contribution is -2.13. The summed E-state index contributed by atoms with van der Waals surface area (Å²) < 4.78 is 11.5. The van der Waals surface area contributed by atoms with Crippen LogP contribution in [0.2, 0.25) is 0 Å². The lowest BCUT2D eigenvalue weighted by Gasteiger charge is -2.04. The number of nitrogens with one attached hydrogen (secondary N) is 1. The van der Waals surface area contributed by atoms with E-state index in [0.29, 0.717) is 11.3 Å². The summed E-state index contributed by atoms with van der Waals surface area (Å²) in [7, 11) is 0. The van der Waals surface area contributed by atoms with Gasteiger partial charge in [-0.2, -0.15) is 0 Å². The molecule has 0 unspecified atom stereocenters. The van der Waals surface area contributed by atoms with Crippen molar-refractivity contribution in [3.63, 3.8) is 0 Å². The third kappa shape index (κ3) is 3.14. The molecule has 0 bridgehead atoms. The molecule has 7 heteroatoms. The predicted octanol–water partition coefficient (Wildman–Crippen LogP) is 5.42. The van der Waals surface area contributed by atoms with Crippen LogP contribution >= 0.6 is 15.9 Å². The van der Waals surface area contributed by atoms with Crippen molar-refractivity contribution < 1.29 is 13.8 Å². The van der Waals surface area contributed by atoms with Crippen LogP contribution in [0.5, 0.6) is 0 Å². The Bertz CT molecular complexity index is 1180. The van der Waals surface area contributed by atoms with Gasteiger partial charge < -0.3 is 4.42 Å². The summed E-state index contributed by atoms with van der Waals surface area (Å²) >= 11 is 3.41. The molecule has 0 aliphatic carbocycles. The highest BCUT2D eigenvalue weighted by Gasteiger charge is 2.22. The molecule has 0 aliphatic rings. The summed E-state index contributed by atoms with van der Waals surface area (Å²) in [6, 6.07) is 11.5. The lowest BCUT2D eigenvalue weighted by atomic mass is 10.0. The number of anilines is 1. The van der Waals surface area contributed by atoms with Gasteiger partial charge in [0.15, 0.2) is 11.5 Å². The smallest absolute Gasteiger partial charge is 0.292 e. The zero-order valence-electron chi connectivity index (χ0n) is 15.0. The minimum atomic E-state index is -0.402. The number of fused-ring (bicyclic) bond motifs is 1. The average molecular weight is 426 g/mol. The second kappa shape index (κ2) is 6.66. The third-order valence-corrected chi connectivity index (χ3v) is 5.10. The first kappa shape index (κ1) is 17.5. The van der Waals surface area contributed by atoms with Crippen LogP contribution in [-0.4, -0.2) is 16.2 Å². The molecule has 0 aliphatic heterocycles. The van der Waals surface area contributed by atoms with Gasteiger partial charge in [0, 0.05) is 21.0 Å². The predicted molar refractivity (Wildman–Crippen MR) is 106 cm³/mol. The third-order valence-electron chi connectivity index (χ3n) is 4.61. The Morgan fingerprint density at radius 2 is 1.85 bits per heavy atom. The van der Waals surface area contributed by atoms with Crippen LogP contribution in [0.4, 0.5) is 5.82 Å². The first-order valence-electron chi connectivity index (χ1n) is 8.34. The number of furan rings is 1. The molecule has 0 fully saturated rings. The van der Waals surface area contributed by atoms with Crippen molar-refractivity contribution in [2.75, 3.05) is 5.32 Å². The van der Waals surface area contributed by atoms with Crippen LogP contribution in [0, 0.1) is 20.8 Å². The van der Waals surface area contributed by atoms with E-state index < -0.39 is 5.91 Å². The Kier molecular flexibility index (Phi) is 4.31. The SMILES string of the molecule is Cc1ccc(-c2nonc2NC(=O)c2oc3cc(Br)ccc3c2C)cc1C. The van der Waals surface area contributed by atoms with Gasteiger partial charge in [0.05, 0.1) is 0 Å². The number of aryl methyl sites for hydroxylation is 3. The van der Waals surface area contributed by atoms with E-state index in [4.69, 9.17) is 9.05 Å². The molecule has 1 N–H and O–H groups in total. The summed E-state index contributed by atoms with van der Waals surface area (Å²) in [6.45, 7) is 5.89. The van der Waals surface area contributed by atoms with E-state index in [0.717, 1.165) is 26.5 Å². The normalized spacial score (nSPS) is 11.1. The summed E-state index contributed by atoms with van der Waals surface area (Å²) in [5, 5.41) is 11.4. The van der Waals surface area contributed by atoms with E-state index in [2.05, 4.69) is 31.6 Å². The number of hydrogen-bond donors (Lipinski definition) is 1. The van der Waals surface area contributed by atoms with Crippen LogP contribution in [0.15, 0.2) is 49.9 Å². The highest BCUT2D eigenvalue weighted by atomic mass is 79.9. The number of benzene rings is 2. The number of carbonyl (C=O) groups excluding carboxylic acids is 1. The van der Waals surface area contributed by atoms with Gasteiger partial charge in [0.25, 0.3) is 5.91 Å². The van der Waals surface area contributed by atoms with E-state index in [-0.39, 0.29) is 11.6 Å². The van der Waals surface area contributed by atoms with E-state index in [1.165, 1.54) is 5.56 Å². The minimum absolute atomic E-state index is 0.233. The molecule has 1 amide bonds. The molecule has 2 aromatic heterocycles. The molecule has 0 radical (unpaired) electrons. The number of amides is 1. The fraction of sp³-hybridized carbons (Fsp3) is 0.150. The number of aromatic nitrogens is 2. The molecular weight excluding hydrogens is 410 g/mol. The molecule has 0 saturated heterocycles. The Morgan fingerprint density at radius 3 is 2.63 bits per heavy atom. The number of hydrogen-bond acceptors (Lipinski definition) is 5. The molecule has 4 rings (SSSR count). The van der Waals surface area contributed by atoms with Crippen LogP contribution in [-0.2, 0) is 0 Å². The van der Waals surface area contributed by atoms with Crippen LogP contribution in [0.3, 0.4) is 0 Å². The Morgan fingerprint density at radius 1 is 1.04 bits per heavy atom. The Labute approximate surface area is 163 Å². The Balaban J connectivity index is 1.67. The standard InChI is InChI=1S/C20H16BrN3O3/c1-10-4-5-13(8-11(10)2)17-19(24-27-23-17)22-20(25)18-12(3)15-7-6-14(21)9-16(15)26-18/h4-9H,1-3H3,(H,22,24,25). The highest BCUT2D eigenvalue weighted by Crippen LogP contribution is 2.30. The molecule has 0 atom stereocenters. The second-order valence-electron chi connectivity index (χ2n) is 6.41. The molecule has 6 nitrogen and oxygen atoms in total. The quantitative estimate of drug-likeness (QED) is 0.473. The van der Waals surface area contributed by atoms with Gasteiger partial charge in [-0.3, -0.25) is 10.1 Å². The van der Waals surface area contributed by atoms with Crippen molar-refractivity contribution in [2.24, 2.45) is 0 Å². The number of rotatable bonds is 3. The van der Waals surface area contributed by atoms with Gasteiger partial charge in [-0.05, 0) is 66.5 Å². The minimum Gasteiger partial charge on any atom is -0.451 e. The second-order valence-corrected chi connectivity index (χ2v) is 7.33. The van der Waals surface area contributed by atoms with E-state index in [1.54, 1.807) is 0 Å². The van der Waals surface area contributed by atoms with Crippen LogP contribution in [0.1, 0.15) is 27.2 Å². The monoisotopic (exact) mass is 425 g/mol. The summed E-state index contributed by atoms with van der Waals surface area (Å²) in [4.78, 5) is 12.8. The van der Waals surface area contributed by atoms with Crippen molar-refractivity contribution in [1.29, 1.82) is 0 Å². The average Bonchev–Trinajstić information content (AvgIpc) is 3.22. The van der Waals surface area contributed by atoms with Gasteiger partial charge in [0.2, 0.25) is 5.82 Å². The molecule has 27 heavy (non-hydrogen) atoms. The summed E-state index contributed by atoms with van der Waals surface area (Å²) in [6.07, 6.45) is 0. The fourth-order valence-corrected chi connectivity index (χ4v) is 3.27.